The summed E-state index contributed by atoms with van der Waals surface area (Å²) in [6.07, 6.45) is 0. The molecule has 0 aliphatic heterocycles. The van der Waals surface area contributed by atoms with Crippen LogP contribution in [0.2, 0.25) is 0 Å². The standard InChI is InChI=1S/C48H29N5O/c54-47-37-17-5-9-19-41(37)49-45-29-38(34-14-6-11-21-43(34)53(45)47)31-24-22-30(23-25-31)33-26-27-44-39(28-33)35-15-7-10-20-42(35)52(44)48-50-40-18-8-4-16-36(40)46(51-48)32-12-2-1-3-13-32/h1-29H. The zero-order valence-corrected chi connectivity index (χ0v) is 28.9. The van der Waals surface area contributed by atoms with E-state index in [1.807, 2.05) is 78.9 Å². The minimum absolute atomic E-state index is 0.0609. The van der Waals surface area contributed by atoms with Crippen molar-refractivity contribution in [2.24, 2.45) is 0 Å². The summed E-state index contributed by atoms with van der Waals surface area (Å²) in [4.78, 5) is 28.9. The van der Waals surface area contributed by atoms with E-state index in [9.17, 15) is 4.79 Å². The summed E-state index contributed by atoms with van der Waals surface area (Å²) in [6, 6.07) is 59.9. The third kappa shape index (κ3) is 4.60. The quantitative estimate of drug-likeness (QED) is 0.136. The van der Waals surface area contributed by atoms with Crippen LogP contribution < -0.4 is 5.56 Å². The molecule has 0 aliphatic rings. The molecule has 0 saturated heterocycles. The second kappa shape index (κ2) is 11.8. The Bertz CT molecular complexity index is 3350. The summed E-state index contributed by atoms with van der Waals surface area (Å²) >= 11 is 0. The van der Waals surface area contributed by atoms with Gasteiger partial charge in [-0.3, -0.25) is 13.8 Å². The average Bonchev–Trinajstić information content (AvgIpc) is 3.57. The van der Waals surface area contributed by atoms with E-state index < -0.39 is 0 Å². The monoisotopic (exact) mass is 691 g/mol. The first kappa shape index (κ1) is 30.2. The maximum Gasteiger partial charge on any atom is 0.266 e. The van der Waals surface area contributed by atoms with Crippen LogP contribution in [0.25, 0.3) is 99.6 Å². The summed E-state index contributed by atoms with van der Waals surface area (Å²) in [5.74, 6) is 0.642. The molecule has 0 saturated carbocycles. The van der Waals surface area contributed by atoms with Gasteiger partial charge in [0, 0.05) is 27.1 Å². The van der Waals surface area contributed by atoms with Crippen LogP contribution >= 0.6 is 0 Å². The zero-order valence-electron chi connectivity index (χ0n) is 28.9. The molecular formula is C48H29N5O. The van der Waals surface area contributed by atoms with Gasteiger partial charge < -0.3 is 0 Å². The Labute approximate surface area is 308 Å². The van der Waals surface area contributed by atoms with Gasteiger partial charge in [-0.05, 0) is 70.8 Å². The van der Waals surface area contributed by atoms with Crippen LogP contribution in [0.1, 0.15) is 0 Å². The zero-order chi connectivity index (χ0) is 35.8. The molecule has 6 nitrogen and oxygen atoms in total. The minimum atomic E-state index is -0.0609. The Balaban J connectivity index is 1.05. The highest BCUT2D eigenvalue weighted by atomic mass is 16.1. The number of para-hydroxylation sites is 4. The van der Waals surface area contributed by atoms with Crippen molar-refractivity contribution in [3.8, 4) is 39.5 Å². The normalized spacial score (nSPS) is 11.8. The number of pyridine rings is 1. The summed E-state index contributed by atoms with van der Waals surface area (Å²) < 4.78 is 3.91. The summed E-state index contributed by atoms with van der Waals surface area (Å²) in [6.45, 7) is 0. The van der Waals surface area contributed by atoms with E-state index in [0.29, 0.717) is 22.5 Å². The third-order valence-electron chi connectivity index (χ3n) is 10.6. The fraction of sp³-hybridized carbons (Fsp3) is 0. The first-order valence-electron chi connectivity index (χ1n) is 18.0. The Kier molecular flexibility index (Phi) is 6.60. The smallest absolute Gasteiger partial charge is 0.266 e. The molecule has 0 aliphatic carbocycles. The molecule has 11 aromatic rings. The van der Waals surface area contributed by atoms with Crippen LogP contribution in [-0.4, -0.2) is 23.9 Å². The fourth-order valence-electron chi connectivity index (χ4n) is 8.01. The van der Waals surface area contributed by atoms with Crippen LogP contribution in [-0.2, 0) is 0 Å². The molecule has 11 rings (SSSR count). The van der Waals surface area contributed by atoms with Crippen molar-refractivity contribution in [3.63, 3.8) is 0 Å². The number of hydrogen-bond donors (Lipinski definition) is 0. The van der Waals surface area contributed by atoms with Crippen molar-refractivity contribution >= 4 is 60.2 Å². The van der Waals surface area contributed by atoms with Gasteiger partial charge in [-0.1, -0.05) is 127 Å². The number of aromatic nitrogens is 5. The lowest BCUT2D eigenvalue weighted by Gasteiger charge is -2.13. The molecule has 0 radical (unpaired) electrons. The maximum atomic E-state index is 13.6. The maximum absolute atomic E-state index is 13.6. The van der Waals surface area contributed by atoms with E-state index in [2.05, 4.69) is 102 Å². The summed E-state index contributed by atoms with van der Waals surface area (Å²) in [5.41, 5.74) is 11.4. The Morgan fingerprint density at radius 2 is 0.981 bits per heavy atom. The molecule has 6 heteroatoms. The number of nitrogens with zero attached hydrogens (tertiary/aromatic N) is 5. The molecule has 7 aromatic carbocycles. The number of benzene rings is 7. The molecule has 4 heterocycles. The van der Waals surface area contributed by atoms with Gasteiger partial charge >= 0.3 is 0 Å². The SMILES string of the molecule is O=c1c2ccccc2nc2cc(-c3ccc(-c4ccc5c(c4)c4ccccc4n5-c4nc(-c5ccccc5)c5ccccc5n4)cc3)c3ccccc3n12. The minimum Gasteiger partial charge on any atom is -0.278 e. The van der Waals surface area contributed by atoms with E-state index in [1.54, 1.807) is 4.40 Å². The van der Waals surface area contributed by atoms with Gasteiger partial charge in [-0.15, -0.1) is 0 Å². The first-order chi connectivity index (χ1) is 26.7. The van der Waals surface area contributed by atoms with E-state index >= 15 is 0 Å². The van der Waals surface area contributed by atoms with Crippen molar-refractivity contribution in [1.82, 2.24) is 23.9 Å². The Morgan fingerprint density at radius 1 is 0.389 bits per heavy atom. The van der Waals surface area contributed by atoms with E-state index in [4.69, 9.17) is 15.0 Å². The summed E-state index contributed by atoms with van der Waals surface area (Å²) in [5, 5.41) is 4.90. The highest BCUT2D eigenvalue weighted by Gasteiger charge is 2.18. The van der Waals surface area contributed by atoms with Crippen molar-refractivity contribution in [2.45, 2.75) is 0 Å². The summed E-state index contributed by atoms with van der Waals surface area (Å²) in [7, 11) is 0. The van der Waals surface area contributed by atoms with Crippen LogP contribution in [0.5, 0.6) is 0 Å². The van der Waals surface area contributed by atoms with Crippen LogP contribution in [0.3, 0.4) is 0 Å². The van der Waals surface area contributed by atoms with E-state index in [0.717, 1.165) is 77.1 Å². The molecular weight excluding hydrogens is 663 g/mol. The molecule has 252 valence electrons. The molecule has 0 bridgehead atoms. The lowest BCUT2D eigenvalue weighted by atomic mass is 9.97. The second-order valence-electron chi connectivity index (χ2n) is 13.6. The molecule has 54 heavy (non-hydrogen) atoms. The van der Waals surface area contributed by atoms with Gasteiger partial charge in [0.2, 0.25) is 5.95 Å². The number of rotatable bonds is 4. The van der Waals surface area contributed by atoms with Crippen molar-refractivity contribution in [2.75, 3.05) is 0 Å². The number of fused-ring (bicyclic) bond motifs is 8. The highest BCUT2D eigenvalue weighted by Crippen LogP contribution is 2.37. The van der Waals surface area contributed by atoms with Gasteiger partial charge in [0.1, 0.15) is 5.65 Å². The van der Waals surface area contributed by atoms with Gasteiger partial charge in [0.25, 0.3) is 5.56 Å². The molecule has 0 amide bonds. The number of hydrogen-bond acceptors (Lipinski definition) is 4. The fourth-order valence-corrected chi connectivity index (χ4v) is 8.01. The topological polar surface area (TPSA) is 65.1 Å². The highest BCUT2D eigenvalue weighted by molar-refractivity contribution is 6.10. The van der Waals surface area contributed by atoms with Crippen LogP contribution in [0.4, 0.5) is 0 Å². The van der Waals surface area contributed by atoms with Crippen molar-refractivity contribution in [1.29, 1.82) is 0 Å². The van der Waals surface area contributed by atoms with E-state index in [1.165, 1.54) is 0 Å². The predicted molar refractivity (Wildman–Crippen MR) is 220 cm³/mol. The molecule has 0 unspecified atom stereocenters. The van der Waals surface area contributed by atoms with Gasteiger partial charge in [-0.2, -0.15) is 0 Å². The van der Waals surface area contributed by atoms with Crippen molar-refractivity contribution in [3.05, 3.63) is 186 Å². The third-order valence-corrected chi connectivity index (χ3v) is 10.6. The van der Waals surface area contributed by atoms with Gasteiger partial charge in [0.05, 0.1) is 38.7 Å². The van der Waals surface area contributed by atoms with E-state index in [-0.39, 0.29) is 5.56 Å². The Hall–Kier alpha value is -7.44. The van der Waals surface area contributed by atoms with Crippen LogP contribution in [0, 0.1) is 0 Å². The largest absolute Gasteiger partial charge is 0.278 e. The van der Waals surface area contributed by atoms with Gasteiger partial charge in [-0.25, -0.2) is 15.0 Å². The Morgan fingerprint density at radius 3 is 1.78 bits per heavy atom. The second-order valence-corrected chi connectivity index (χ2v) is 13.6. The molecule has 0 fully saturated rings. The molecule has 0 atom stereocenters. The molecule has 4 aromatic heterocycles. The average molecular weight is 692 g/mol. The van der Waals surface area contributed by atoms with Crippen molar-refractivity contribution < 1.29 is 0 Å². The first-order valence-corrected chi connectivity index (χ1v) is 18.0. The van der Waals surface area contributed by atoms with Crippen LogP contribution in [0.15, 0.2) is 181 Å². The predicted octanol–water partition coefficient (Wildman–Crippen LogP) is 11.0. The lowest BCUT2D eigenvalue weighted by molar-refractivity contribution is 1.01. The van der Waals surface area contributed by atoms with Gasteiger partial charge in [0.15, 0.2) is 0 Å². The molecule has 0 spiro atoms. The molecule has 0 N–H and O–H groups in total. The lowest BCUT2D eigenvalue weighted by Crippen LogP contribution is -2.16.